The fourth-order valence-corrected chi connectivity index (χ4v) is 3.69. The molecule has 0 bridgehead atoms. The Morgan fingerprint density at radius 2 is 2.15 bits per heavy atom. The molecule has 4 heteroatoms. The predicted octanol–water partition coefficient (Wildman–Crippen LogP) is 3.89. The van der Waals surface area contributed by atoms with E-state index in [1.165, 1.54) is 16.2 Å². The summed E-state index contributed by atoms with van der Waals surface area (Å²) in [7, 11) is 0. The molecule has 3 nitrogen and oxygen atoms in total. The third kappa shape index (κ3) is 3.11. The Labute approximate surface area is 124 Å². The number of hydrogen-bond acceptors (Lipinski definition) is 4. The van der Waals surface area contributed by atoms with Gasteiger partial charge in [-0.2, -0.15) is 0 Å². The zero-order valence-electron chi connectivity index (χ0n) is 12.6. The third-order valence-corrected chi connectivity index (χ3v) is 4.88. The summed E-state index contributed by atoms with van der Waals surface area (Å²) in [6.07, 6.45) is 3.69. The van der Waals surface area contributed by atoms with Gasteiger partial charge >= 0.3 is 5.97 Å². The van der Waals surface area contributed by atoms with Gasteiger partial charge in [0.1, 0.15) is 0 Å². The first kappa shape index (κ1) is 15.2. The van der Waals surface area contributed by atoms with E-state index < -0.39 is 0 Å². The third-order valence-electron chi connectivity index (χ3n) is 3.66. The summed E-state index contributed by atoms with van der Waals surface area (Å²) < 4.78 is 5.33. The average molecular weight is 294 g/mol. The fraction of sp³-hybridized carbons (Fsp3) is 0.625. The van der Waals surface area contributed by atoms with Crippen LogP contribution in [0.5, 0.6) is 0 Å². The smallest absolute Gasteiger partial charge is 0.340 e. The Morgan fingerprint density at radius 1 is 1.45 bits per heavy atom. The summed E-state index contributed by atoms with van der Waals surface area (Å²) in [5, 5.41) is 0. The van der Waals surface area contributed by atoms with Crippen molar-refractivity contribution in [1.29, 1.82) is 0 Å². The van der Waals surface area contributed by atoms with Gasteiger partial charge in [0.05, 0.1) is 17.0 Å². The molecule has 0 fully saturated rings. The van der Waals surface area contributed by atoms with Crippen LogP contribution in [0.25, 0.3) is 0 Å². The van der Waals surface area contributed by atoms with Crippen molar-refractivity contribution in [3.05, 3.63) is 20.9 Å². The first-order chi connectivity index (χ1) is 9.34. The lowest BCUT2D eigenvalue weighted by atomic mass is 9.76. The van der Waals surface area contributed by atoms with Gasteiger partial charge in [-0.05, 0) is 36.2 Å². The Bertz CT molecular complexity index is 526. The topological polar surface area (TPSA) is 43.4 Å². The van der Waals surface area contributed by atoms with Gasteiger partial charge in [0, 0.05) is 4.88 Å². The minimum atomic E-state index is -0.337. The molecule has 110 valence electrons. The van der Waals surface area contributed by atoms with Crippen LogP contribution in [-0.4, -0.2) is 18.9 Å². The number of fused-ring (bicyclic) bond motifs is 1. The van der Waals surface area contributed by atoms with E-state index in [4.69, 9.17) is 4.74 Å². The Morgan fingerprint density at radius 3 is 2.75 bits per heavy atom. The standard InChI is InChI=1S/C16H22O3S/c1-10(2)9-19-15(18)14-11-7-16(3,4)6-5-12(11)20-13(14)8-17/h8,10H,5-7,9H2,1-4H3. The van der Waals surface area contributed by atoms with Crippen LogP contribution in [0.1, 0.15) is 64.6 Å². The maximum Gasteiger partial charge on any atom is 0.340 e. The van der Waals surface area contributed by atoms with Crippen LogP contribution in [0.2, 0.25) is 0 Å². The Balaban J connectivity index is 2.34. The average Bonchev–Trinajstić information content (AvgIpc) is 2.72. The van der Waals surface area contributed by atoms with E-state index in [9.17, 15) is 9.59 Å². The molecule has 0 atom stereocenters. The van der Waals surface area contributed by atoms with Crippen molar-refractivity contribution in [2.24, 2.45) is 11.3 Å². The molecule has 0 amide bonds. The number of ether oxygens (including phenoxy) is 1. The first-order valence-corrected chi connectivity index (χ1v) is 7.92. The molecule has 20 heavy (non-hydrogen) atoms. The molecule has 1 heterocycles. The van der Waals surface area contributed by atoms with E-state index in [0.29, 0.717) is 23.0 Å². The van der Waals surface area contributed by atoms with Gasteiger partial charge in [-0.15, -0.1) is 11.3 Å². The molecule has 1 aliphatic rings. The molecule has 0 aliphatic heterocycles. The molecule has 1 aromatic rings. The molecule has 0 saturated heterocycles. The van der Waals surface area contributed by atoms with Crippen LogP contribution in [0.15, 0.2) is 0 Å². The van der Waals surface area contributed by atoms with Crippen LogP contribution in [0.4, 0.5) is 0 Å². The second-order valence-corrected chi connectivity index (χ2v) is 7.83. The van der Waals surface area contributed by atoms with E-state index in [2.05, 4.69) is 13.8 Å². The van der Waals surface area contributed by atoms with Gasteiger partial charge < -0.3 is 4.74 Å². The van der Waals surface area contributed by atoms with Gasteiger partial charge in [0.2, 0.25) is 0 Å². The Kier molecular flexibility index (Phi) is 4.33. The number of esters is 1. The van der Waals surface area contributed by atoms with Crippen LogP contribution in [0.3, 0.4) is 0 Å². The molecule has 0 unspecified atom stereocenters. The van der Waals surface area contributed by atoms with Crippen molar-refractivity contribution in [2.45, 2.75) is 47.0 Å². The number of aryl methyl sites for hydroxylation is 1. The molecule has 0 radical (unpaired) electrons. The van der Waals surface area contributed by atoms with E-state index in [-0.39, 0.29) is 11.4 Å². The fourth-order valence-electron chi connectivity index (χ4n) is 2.56. The van der Waals surface area contributed by atoms with Gasteiger partial charge in [0.15, 0.2) is 6.29 Å². The highest BCUT2D eigenvalue weighted by Gasteiger charge is 2.33. The molecule has 1 aliphatic carbocycles. The van der Waals surface area contributed by atoms with E-state index in [1.807, 2.05) is 13.8 Å². The molecule has 0 saturated carbocycles. The van der Waals surface area contributed by atoms with Crippen molar-refractivity contribution >= 4 is 23.6 Å². The molecule has 2 rings (SSSR count). The molecule has 0 aromatic carbocycles. The van der Waals surface area contributed by atoms with Gasteiger partial charge in [-0.3, -0.25) is 4.79 Å². The van der Waals surface area contributed by atoms with Crippen molar-refractivity contribution in [1.82, 2.24) is 0 Å². The van der Waals surface area contributed by atoms with E-state index >= 15 is 0 Å². The highest BCUT2D eigenvalue weighted by molar-refractivity contribution is 7.14. The molecular weight excluding hydrogens is 272 g/mol. The maximum absolute atomic E-state index is 12.3. The van der Waals surface area contributed by atoms with Crippen LogP contribution in [0, 0.1) is 11.3 Å². The normalized spacial score (nSPS) is 16.9. The monoisotopic (exact) mass is 294 g/mol. The highest BCUT2D eigenvalue weighted by atomic mass is 32.1. The summed E-state index contributed by atoms with van der Waals surface area (Å²) in [5.74, 6) is -0.0412. The van der Waals surface area contributed by atoms with Crippen molar-refractivity contribution in [3.8, 4) is 0 Å². The second kappa shape index (κ2) is 5.68. The minimum Gasteiger partial charge on any atom is -0.462 e. The van der Waals surface area contributed by atoms with E-state index in [0.717, 1.165) is 31.1 Å². The number of hydrogen-bond donors (Lipinski definition) is 0. The number of carbonyl (C=O) groups is 2. The summed E-state index contributed by atoms with van der Waals surface area (Å²) in [5.41, 5.74) is 1.75. The summed E-state index contributed by atoms with van der Waals surface area (Å²) in [4.78, 5) is 25.3. The maximum atomic E-state index is 12.3. The largest absolute Gasteiger partial charge is 0.462 e. The van der Waals surface area contributed by atoms with Crippen LogP contribution >= 0.6 is 11.3 Å². The lowest BCUT2D eigenvalue weighted by molar-refractivity contribution is 0.0455. The SMILES string of the molecule is CC(C)COC(=O)c1c(C=O)sc2c1CC(C)(C)CC2. The number of carbonyl (C=O) groups excluding carboxylic acids is 2. The van der Waals surface area contributed by atoms with E-state index in [1.54, 1.807) is 0 Å². The predicted molar refractivity (Wildman–Crippen MR) is 80.6 cm³/mol. The zero-order chi connectivity index (χ0) is 14.9. The van der Waals surface area contributed by atoms with Gasteiger partial charge in [-0.1, -0.05) is 27.7 Å². The van der Waals surface area contributed by atoms with Gasteiger partial charge in [0.25, 0.3) is 0 Å². The van der Waals surface area contributed by atoms with Crippen molar-refractivity contribution in [2.75, 3.05) is 6.61 Å². The van der Waals surface area contributed by atoms with Crippen molar-refractivity contribution < 1.29 is 14.3 Å². The number of thiophene rings is 1. The highest BCUT2D eigenvalue weighted by Crippen LogP contribution is 2.41. The number of rotatable bonds is 4. The lowest BCUT2D eigenvalue weighted by Gasteiger charge is -2.29. The zero-order valence-corrected chi connectivity index (χ0v) is 13.4. The molecule has 0 spiro atoms. The molecular formula is C16H22O3S. The summed E-state index contributed by atoms with van der Waals surface area (Å²) >= 11 is 1.46. The van der Waals surface area contributed by atoms with Gasteiger partial charge in [-0.25, -0.2) is 4.79 Å². The summed E-state index contributed by atoms with van der Waals surface area (Å²) in [6.45, 7) is 8.81. The summed E-state index contributed by atoms with van der Waals surface area (Å²) in [6, 6.07) is 0. The van der Waals surface area contributed by atoms with Crippen LogP contribution < -0.4 is 0 Å². The van der Waals surface area contributed by atoms with Crippen LogP contribution in [-0.2, 0) is 17.6 Å². The molecule has 1 aromatic heterocycles. The lowest BCUT2D eigenvalue weighted by Crippen LogP contribution is -2.23. The minimum absolute atomic E-state index is 0.182. The Hall–Kier alpha value is -1.16. The second-order valence-electron chi connectivity index (χ2n) is 6.69. The first-order valence-electron chi connectivity index (χ1n) is 7.11. The van der Waals surface area contributed by atoms with Crippen molar-refractivity contribution in [3.63, 3.8) is 0 Å². The quantitative estimate of drug-likeness (QED) is 0.625. The number of aldehydes is 1. The molecule has 0 N–H and O–H groups in total.